The summed E-state index contributed by atoms with van der Waals surface area (Å²) in [7, 11) is 0. The van der Waals surface area contributed by atoms with Gasteiger partial charge in [0.1, 0.15) is 5.01 Å². The van der Waals surface area contributed by atoms with Gasteiger partial charge in [-0.15, -0.1) is 11.3 Å². The molecule has 0 fully saturated rings. The molecule has 0 spiro atoms. The van der Waals surface area contributed by atoms with Crippen LogP contribution in [0.5, 0.6) is 0 Å². The molecule has 0 amide bonds. The van der Waals surface area contributed by atoms with Crippen molar-refractivity contribution < 1.29 is 0 Å². The van der Waals surface area contributed by atoms with Crippen LogP contribution in [0.2, 0.25) is 10.0 Å². The highest BCUT2D eigenvalue weighted by Crippen LogP contribution is 2.34. The zero-order chi connectivity index (χ0) is 14.8. The highest BCUT2D eigenvalue weighted by atomic mass is 35.5. The van der Waals surface area contributed by atoms with Crippen molar-refractivity contribution in [3.8, 4) is 21.8 Å². The number of nitrogens with two attached hydrogens (primary N) is 1. The molecule has 0 radical (unpaired) electrons. The average molecular weight is 335 g/mol. The normalized spacial score (nSPS) is 10.8. The molecule has 0 saturated carbocycles. The van der Waals surface area contributed by atoms with Gasteiger partial charge in [-0.2, -0.15) is 0 Å². The van der Waals surface area contributed by atoms with Crippen LogP contribution in [0.3, 0.4) is 0 Å². The van der Waals surface area contributed by atoms with Gasteiger partial charge in [0.25, 0.3) is 0 Å². The fourth-order valence-corrected chi connectivity index (χ4v) is 3.51. The fourth-order valence-electron chi connectivity index (χ4n) is 2.13. The number of nitrogens with zero attached hydrogens (tertiary/aromatic N) is 1. The Balaban J connectivity index is 2.04. The van der Waals surface area contributed by atoms with E-state index in [2.05, 4.69) is 4.98 Å². The van der Waals surface area contributed by atoms with E-state index in [-0.39, 0.29) is 0 Å². The van der Waals surface area contributed by atoms with Gasteiger partial charge in [0.15, 0.2) is 0 Å². The van der Waals surface area contributed by atoms with Crippen LogP contribution in [0, 0.1) is 0 Å². The van der Waals surface area contributed by atoms with Gasteiger partial charge in [-0.05, 0) is 23.8 Å². The lowest BCUT2D eigenvalue weighted by atomic mass is 10.1. The van der Waals surface area contributed by atoms with Gasteiger partial charge in [-0.3, -0.25) is 0 Å². The molecule has 0 unspecified atom stereocenters. The number of hydrogen-bond donors (Lipinski definition) is 1. The average Bonchev–Trinajstić information content (AvgIpc) is 2.96. The van der Waals surface area contributed by atoms with Gasteiger partial charge in [0.05, 0.1) is 10.7 Å². The summed E-state index contributed by atoms with van der Waals surface area (Å²) in [5, 5.41) is 4.16. The molecule has 5 heteroatoms. The molecule has 2 nitrogen and oxygen atoms in total. The predicted octanol–water partition coefficient (Wildman–Crippen LogP) is 5.24. The maximum Gasteiger partial charge on any atom is 0.124 e. The lowest BCUT2D eigenvalue weighted by molar-refractivity contribution is 1.07. The van der Waals surface area contributed by atoms with E-state index < -0.39 is 0 Å². The summed E-state index contributed by atoms with van der Waals surface area (Å²) in [6.45, 7) is 0.493. The molecule has 3 aromatic rings. The van der Waals surface area contributed by atoms with Crippen molar-refractivity contribution in [2.24, 2.45) is 5.73 Å². The molecule has 106 valence electrons. The van der Waals surface area contributed by atoms with Crippen molar-refractivity contribution in [2.75, 3.05) is 0 Å². The first-order valence-electron chi connectivity index (χ1n) is 6.38. The molecule has 0 saturated heterocycles. The van der Waals surface area contributed by atoms with Crippen molar-refractivity contribution in [1.29, 1.82) is 0 Å². The maximum absolute atomic E-state index is 6.24. The summed E-state index contributed by atoms with van der Waals surface area (Å²) in [5.74, 6) is 0. The molecule has 0 aliphatic heterocycles. The fraction of sp³-hybridized carbons (Fsp3) is 0.0625. The van der Waals surface area contributed by atoms with Gasteiger partial charge in [-0.25, -0.2) is 4.98 Å². The number of hydrogen-bond acceptors (Lipinski definition) is 3. The van der Waals surface area contributed by atoms with Gasteiger partial charge in [0, 0.05) is 28.1 Å². The Morgan fingerprint density at radius 2 is 1.86 bits per heavy atom. The van der Waals surface area contributed by atoms with Crippen LogP contribution in [0.25, 0.3) is 21.8 Å². The second-order valence-electron chi connectivity index (χ2n) is 4.52. The van der Waals surface area contributed by atoms with Crippen LogP contribution in [0.1, 0.15) is 5.56 Å². The quantitative estimate of drug-likeness (QED) is 0.711. The number of aromatic nitrogens is 1. The van der Waals surface area contributed by atoms with E-state index in [1.807, 2.05) is 41.8 Å². The van der Waals surface area contributed by atoms with Gasteiger partial charge >= 0.3 is 0 Å². The van der Waals surface area contributed by atoms with Crippen LogP contribution >= 0.6 is 34.5 Å². The smallest absolute Gasteiger partial charge is 0.124 e. The minimum atomic E-state index is 0.493. The first-order valence-corrected chi connectivity index (χ1v) is 8.02. The van der Waals surface area contributed by atoms with E-state index in [1.165, 1.54) is 0 Å². The largest absolute Gasteiger partial charge is 0.326 e. The van der Waals surface area contributed by atoms with Crippen molar-refractivity contribution in [3.63, 3.8) is 0 Å². The van der Waals surface area contributed by atoms with Crippen LogP contribution in [0.4, 0.5) is 0 Å². The molecule has 2 N–H and O–H groups in total. The Bertz CT molecular complexity index is 783. The molecule has 1 aromatic heterocycles. The monoisotopic (exact) mass is 334 g/mol. The van der Waals surface area contributed by atoms with E-state index in [1.54, 1.807) is 17.4 Å². The third-order valence-electron chi connectivity index (χ3n) is 3.18. The molecule has 0 atom stereocenters. The summed E-state index contributed by atoms with van der Waals surface area (Å²) in [6.07, 6.45) is 0. The Morgan fingerprint density at radius 1 is 1.05 bits per heavy atom. The Kier molecular flexibility index (Phi) is 4.27. The van der Waals surface area contributed by atoms with E-state index >= 15 is 0 Å². The molecular formula is C16H12Cl2N2S. The minimum absolute atomic E-state index is 0.493. The topological polar surface area (TPSA) is 38.9 Å². The second-order valence-corrected chi connectivity index (χ2v) is 6.23. The lowest BCUT2D eigenvalue weighted by Crippen LogP contribution is -1.98. The van der Waals surface area contributed by atoms with Crippen LogP contribution < -0.4 is 5.73 Å². The van der Waals surface area contributed by atoms with E-state index in [0.29, 0.717) is 16.6 Å². The van der Waals surface area contributed by atoms with Crippen molar-refractivity contribution in [1.82, 2.24) is 4.98 Å². The third-order valence-corrected chi connectivity index (χ3v) is 4.60. The zero-order valence-corrected chi connectivity index (χ0v) is 13.3. The summed E-state index contributed by atoms with van der Waals surface area (Å²) >= 11 is 13.7. The second kappa shape index (κ2) is 6.16. The molecule has 3 rings (SSSR count). The zero-order valence-electron chi connectivity index (χ0n) is 11.0. The van der Waals surface area contributed by atoms with Gasteiger partial charge in [0.2, 0.25) is 0 Å². The SMILES string of the molecule is NCc1ccccc1-c1nc(-c2ccc(Cl)cc2Cl)cs1. The van der Waals surface area contributed by atoms with Crippen LogP contribution in [-0.4, -0.2) is 4.98 Å². The Hall–Kier alpha value is -1.39. The molecule has 21 heavy (non-hydrogen) atoms. The van der Waals surface area contributed by atoms with Gasteiger partial charge < -0.3 is 5.73 Å². The summed E-state index contributed by atoms with van der Waals surface area (Å²) in [5.41, 5.74) is 9.68. The summed E-state index contributed by atoms with van der Waals surface area (Å²) in [4.78, 5) is 4.69. The third kappa shape index (κ3) is 2.97. The van der Waals surface area contributed by atoms with Crippen LogP contribution in [-0.2, 0) is 6.54 Å². The summed E-state index contributed by atoms with van der Waals surface area (Å²) in [6, 6.07) is 13.5. The lowest BCUT2D eigenvalue weighted by Gasteiger charge is -2.04. The molecule has 2 aromatic carbocycles. The number of rotatable bonds is 3. The molecular weight excluding hydrogens is 323 g/mol. The molecule has 0 bridgehead atoms. The van der Waals surface area contributed by atoms with E-state index in [9.17, 15) is 0 Å². The van der Waals surface area contributed by atoms with Crippen molar-refractivity contribution in [2.45, 2.75) is 6.54 Å². The van der Waals surface area contributed by atoms with Gasteiger partial charge in [-0.1, -0.05) is 47.5 Å². The summed E-state index contributed by atoms with van der Waals surface area (Å²) < 4.78 is 0. The molecule has 1 heterocycles. The molecule has 0 aliphatic rings. The first-order chi connectivity index (χ1) is 10.2. The Labute approximate surface area is 137 Å². The number of benzene rings is 2. The minimum Gasteiger partial charge on any atom is -0.326 e. The van der Waals surface area contributed by atoms with Crippen LogP contribution in [0.15, 0.2) is 47.8 Å². The highest BCUT2D eigenvalue weighted by molar-refractivity contribution is 7.13. The van der Waals surface area contributed by atoms with E-state index in [4.69, 9.17) is 28.9 Å². The number of thiazole rings is 1. The van der Waals surface area contributed by atoms with E-state index in [0.717, 1.165) is 27.4 Å². The van der Waals surface area contributed by atoms with Crippen molar-refractivity contribution >= 4 is 34.5 Å². The Morgan fingerprint density at radius 3 is 2.62 bits per heavy atom. The standard InChI is InChI=1S/C16H12Cl2N2S/c17-11-5-6-13(14(18)7-11)15-9-21-16(20-15)12-4-2-1-3-10(12)8-19/h1-7,9H,8,19H2. The maximum atomic E-state index is 6.24. The highest BCUT2D eigenvalue weighted by Gasteiger charge is 2.11. The predicted molar refractivity (Wildman–Crippen MR) is 90.9 cm³/mol. The first kappa shape index (κ1) is 14.5. The number of halogens is 2. The molecule has 0 aliphatic carbocycles. The van der Waals surface area contributed by atoms with Crippen molar-refractivity contribution in [3.05, 3.63) is 63.5 Å².